The number of nitrogens with zero attached hydrogens (tertiary/aromatic N) is 3. The van der Waals surface area contributed by atoms with Crippen LogP contribution in [-0.2, 0) is 16.0 Å². The van der Waals surface area contributed by atoms with Crippen LogP contribution in [-0.4, -0.2) is 88.6 Å². The lowest BCUT2D eigenvalue weighted by Gasteiger charge is -2.22. The predicted molar refractivity (Wildman–Crippen MR) is 142 cm³/mol. The van der Waals surface area contributed by atoms with E-state index in [1.165, 1.54) is 0 Å². The molecule has 0 radical (unpaired) electrons. The van der Waals surface area contributed by atoms with Crippen molar-refractivity contribution in [1.82, 2.24) is 15.1 Å². The van der Waals surface area contributed by atoms with Gasteiger partial charge in [0, 0.05) is 44.8 Å². The van der Waals surface area contributed by atoms with Crippen molar-refractivity contribution in [2.75, 3.05) is 72.8 Å². The van der Waals surface area contributed by atoms with Gasteiger partial charge in [-0.2, -0.15) is 0 Å². The lowest BCUT2D eigenvalue weighted by Crippen LogP contribution is -2.40. The molecule has 8 heteroatoms. The van der Waals surface area contributed by atoms with Crippen molar-refractivity contribution in [3.8, 4) is 5.75 Å². The van der Waals surface area contributed by atoms with Crippen LogP contribution in [0.15, 0.2) is 29.3 Å². The quantitative estimate of drug-likeness (QED) is 0.162. The van der Waals surface area contributed by atoms with E-state index in [9.17, 15) is 0 Å². The highest BCUT2D eigenvalue weighted by Crippen LogP contribution is 2.20. The number of methoxy groups -OCH3 is 1. The zero-order chi connectivity index (χ0) is 22.3. The Morgan fingerprint density at radius 3 is 2.66 bits per heavy atom. The number of para-hydroxylation sites is 1. The van der Waals surface area contributed by atoms with Gasteiger partial charge in [-0.1, -0.05) is 32.0 Å². The fourth-order valence-electron chi connectivity index (χ4n) is 3.74. The number of halogens is 1. The summed E-state index contributed by atoms with van der Waals surface area (Å²) in [4.78, 5) is 9.64. The molecule has 0 saturated carbocycles. The standard InChI is InChI=1S/C24H42N4O3.HI/c1-5-25-24(28-13-12-21(19-28)20-30-17-16-29-4)26-18-22-10-8-9-11-23(22)31-15-14-27(6-2)7-3;/h8-11,21H,5-7,12-20H2,1-4H3,(H,25,26);1H. The number of guanidine groups is 1. The number of hydrogen-bond donors (Lipinski definition) is 1. The predicted octanol–water partition coefficient (Wildman–Crippen LogP) is 3.48. The van der Waals surface area contributed by atoms with Crippen LogP contribution >= 0.6 is 24.0 Å². The molecule has 1 N–H and O–H groups in total. The summed E-state index contributed by atoms with van der Waals surface area (Å²) in [6, 6.07) is 8.23. The summed E-state index contributed by atoms with van der Waals surface area (Å²) in [5.74, 6) is 2.44. The number of likely N-dealkylation sites (N-methyl/N-ethyl adjacent to an activating group) is 1. The van der Waals surface area contributed by atoms with Gasteiger partial charge in [0.25, 0.3) is 0 Å². The summed E-state index contributed by atoms with van der Waals surface area (Å²) < 4.78 is 16.9. The molecule has 1 unspecified atom stereocenters. The number of ether oxygens (including phenoxy) is 3. The lowest BCUT2D eigenvalue weighted by atomic mass is 10.1. The van der Waals surface area contributed by atoms with Crippen molar-refractivity contribution in [3.05, 3.63) is 29.8 Å². The van der Waals surface area contributed by atoms with Crippen LogP contribution in [0.25, 0.3) is 0 Å². The van der Waals surface area contributed by atoms with Crippen LogP contribution in [0.5, 0.6) is 5.75 Å². The summed E-state index contributed by atoms with van der Waals surface area (Å²) in [7, 11) is 1.70. The molecule has 1 saturated heterocycles. The van der Waals surface area contributed by atoms with Gasteiger partial charge in [-0.05, 0) is 32.5 Å². The van der Waals surface area contributed by atoms with Gasteiger partial charge >= 0.3 is 0 Å². The summed E-state index contributed by atoms with van der Waals surface area (Å²) in [5, 5.41) is 3.45. The van der Waals surface area contributed by atoms with Gasteiger partial charge in [-0.25, -0.2) is 4.99 Å². The molecule has 1 fully saturated rings. The molecule has 0 bridgehead atoms. The SMILES string of the molecule is CCNC(=NCc1ccccc1OCCN(CC)CC)N1CCC(COCCOC)C1.I. The van der Waals surface area contributed by atoms with Crippen molar-refractivity contribution in [2.45, 2.75) is 33.7 Å². The van der Waals surface area contributed by atoms with E-state index in [0.29, 0.717) is 32.3 Å². The third kappa shape index (κ3) is 10.2. The molecule has 1 atom stereocenters. The van der Waals surface area contributed by atoms with E-state index in [1.807, 2.05) is 12.1 Å². The van der Waals surface area contributed by atoms with Crippen LogP contribution < -0.4 is 10.1 Å². The first kappa shape index (κ1) is 28.9. The molecular formula is C24H43IN4O3. The second-order valence-corrected chi connectivity index (χ2v) is 7.82. The highest BCUT2D eigenvalue weighted by molar-refractivity contribution is 14.0. The van der Waals surface area contributed by atoms with E-state index in [4.69, 9.17) is 19.2 Å². The van der Waals surface area contributed by atoms with Crippen LogP contribution in [0, 0.1) is 5.92 Å². The number of hydrogen-bond acceptors (Lipinski definition) is 5. The van der Waals surface area contributed by atoms with Gasteiger partial charge in [0.05, 0.1) is 26.4 Å². The van der Waals surface area contributed by atoms with E-state index in [0.717, 1.165) is 69.6 Å². The number of nitrogens with one attached hydrogen (secondary N) is 1. The van der Waals surface area contributed by atoms with E-state index in [1.54, 1.807) is 7.11 Å². The Hall–Kier alpha value is -1.10. The largest absolute Gasteiger partial charge is 0.492 e. The monoisotopic (exact) mass is 562 g/mol. The fourth-order valence-corrected chi connectivity index (χ4v) is 3.74. The Morgan fingerprint density at radius 1 is 1.16 bits per heavy atom. The van der Waals surface area contributed by atoms with Crippen LogP contribution in [0.2, 0.25) is 0 Å². The molecule has 1 aromatic rings. The maximum atomic E-state index is 6.10. The molecule has 1 aromatic carbocycles. The van der Waals surface area contributed by atoms with Crippen LogP contribution in [0.1, 0.15) is 32.8 Å². The molecule has 32 heavy (non-hydrogen) atoms. The third-order valence-electron chi connectivity index (χ3n) is 5.64. The minimum atomic E-state index is 0. The Balaban J connectivity index is 0.00000512. The highest BCUT2D eigenvalue weighted by atomic mass is 127. The molecule has 7 nitrogen and oxygen atoms in total. The third-order valence-corrected chi connectivity index (χ3v) is 5.64. The van der Waals surface area contributed by atoms with E-state index >= 15 is 0 Å². The Morgan fingerprint density at radius 2 is 1.94 bits per heavy atom. The number of likely N-dealkylation sites (tertiary alicyclic amines) is 1. The summed E-state index contributed by atoms with van der Waals surface area (Å²) in [6.45, 7) is 15.7. The van der Waals surface area contributed by atoms with Crippen LogP contribution in [0.4, 0.5) is 0 Å². The van der Waals surface area contributed by atoms with Gasteiger partial charge in [0.2, 0.25) is 0 Å². The number of rotatable bonds is 14. The smallest absolute Gasteiger partial charge is 0.194 e. The average molecular weight is 563 g/mol. The molecule has 0 amide bonds. The summed E-state index contributed by atoms with van der Waals surface area (Å²) in [5.41, 5.74) is 1.12. The maximum Gasteiger partial charge on any atom is 0.194 e. The molecular weight excluding hydrogens is 519 g/mol. The van der Waals surface area contributed by atoms with Crippen molar-refractivity contribution in [2.24, 2.45) is 10.9 Å². The molecule has 2 rings (SSSR count). The molecule has 1 aliphatic heterocycles. The Bertz CT molecular complexity index is 643. The second kappa shape index (κ2) is 17.4. The molecule has 1 heterocycles. The Kier molecular flexibility index (Phi) is 15.7. The molecule has 0 aromatic heterocycles. The minimum absolute atomic E-state index is 0. The van der Waals surface area contributed by atoms with Gasteiger partial charge in [-0.15, -0.1) is 24.0 Å². The van der Waals surface area contributed by atoms with E-state index < -0.39 is 0 Å². The summed E-state index contributed by atoms with van der Waals surface area (Å²) >= 11 is 0. The van der Waals surface area contributed by atoms with Gasteiger partial charge < -0.3 is 29.3 Å². The number of benzene rings is 1. The van der Waals surface area contributed by atoms with Crippen LogP contribution in [0.3, 0.4) is 0 Å². The maximum absolute atomic E-state index is 6.10. The van der Waals surface area contributed by atoms with Gasteiger partial charge in [0.15, 0.2) is 5.96 Å². The van der Waals surface area contributed by atoms with E-state index in [2.05, 4.69) is 48.0 Å². The zero-order valence-corrected chi connectivity index (χ0v) is 22.7. The Labute approximate surface area is 211 Å². The average Bonchev–Trinajstić information content (AvgIpc) is 3.26. The normalized spacial score (nSPS) is 16.3. The summed E-state index contributed by atoms with van der Waals surface area (Å²) in [6.07, 6.45) is 1.13. The lowest BCUT2D eigenvalue weighted by molar-refractivity contribution is 0.0536. The first-order chi connectivity index (χ1) is 15.2. The van der Waals surface area contributed by atoms with Crippen molar-refractivity contribution < 1.29 is 14.2 Å². The van der Waals surface area contributed by atoms with E-state index in [-0.39, 0.29) is 24.0 Å². The first-order valence-electron chi connectivity index (χ1n) is 11.7. The zero-order valence-electron chi connectivity index (χ0n) is 20.3. The fraction of sp³-hybridized carbons (Fsp3) is 0.708. The van der Waals surface area contributed by atoms with Gasteiger partial charge in [-0.3, -0.25) is 0 Å². The molecule has 0 aliphatic carbocycles. The van der Waals surface area contributed by atoms with Crippen molar-refractivity contribution >= 4 is 29.9 Å². The molecule has 184 valence electrons. The second-order valence-electron chi connectivity index (χ2n) is 7.82. The van der Waals surface area contributed by atoms with Crippen molar-refractivity contribution in [1.29, 1.82) is 0 Å². The molecule has 0 spiro atoms. The topological polar surface area (TPSA) is 58.6 Å². The molecule has 1 aliphatic rings. The first-order valence-corrected chi connectivity index (χ1v) is 11.7. The highest BCUT2D eigenvalue weighted by Gasteiger charge is 2.25. The van der Waals surface area contributed by atoms with Crippen molar-refractivity contribution in [3.63, 3.8) is 0 Å². The number of aliphatic imine (C=N–C) groups is 1. The minimum Gasteiger partial charge on any atom is -0.492 e. The van der Waals surface area contributed by atoms with Gasteiger partial charge in [0.1, 0.15) is 12.4 Å².